The van der Waals surface area contributed by atoms with Crippen molar-refractivity contribution in [2.75, 3.05) is 67.3 Å². The van der Waals surface area contributed by atoms with Crippen LogP contribution in [-0.2, 0) is 23.1 Å². The molecule has 1 atom stereocenters. The predicted molar refractivity (Wildman–Crippen MR) is 146 cm³/mol. The van der Waals surface area contributed by atoms with Gasteiger partial charge in [-0.1, -0.05) is 103 Å². The lowest BCUT2D eigenvalue weighted by Gasteiger charge is -2.24. The molecule has 0 amide bonds. The van der Waals surface area contributed by atoms with Crippen LogP contribution in [0.3, 0.4) is 0 Å². The van der Waals surface area contributed by atoms with Crippen molar-refractivity contribution in [1.82, 2.24) is 0 Å². The number of rotatable bonds is 28. The fourth-order valence-electron chi connectivity index (χ4n) is 3.75. The van der Waals surface area contributed by atoms with Gasteiger partial charge >= 0.3 is 7.82 Å². The summed E-state index contributed by atoms with van der Waals surface area (Å²) in [5, 5.41) is 0. The van der Waals surface area contributed by atoms with Crippen LogP contribution in [0.1, 0.15) is 110 Å². The molecule has 0 aliphatic rings. The van der Waals surface area contributed by atoms with Crippen molar-refractivity contribution in [2.45, 2.75) is 110 Å². The lowest BCUT2D eigenvalue weighted by atomic mass is 10.0. The third kappa shape index (κ3) is 30.1. The summed E-state index contributed by atoms with van der Waals surface area (Å²) >= 11 is 0. The second kappa shape index (κ2) is 24.3. The van der Waals surface area contributed by atoms with E-state index in [4.69, 9.17) is 18.5 Å². The van der Waals surface area contributed by atoms with Gasteiger partial charge in [0.1, 0.15) is 13.2 Å². The van der Waals surface area contributed by atoms with Crippen molar-refractivity contribution in [3.05, 3.63) is 0 Å². The monoisotopic (exact) mass is 524 g/mol. The molecule has 0 aliphatic heterocycles. The van der Waals surface area contributed by atoms with E-state index in [2.05, 4.69) is 6.92 Å². The summed E-state index contributed by atoms with van der Waals surface area (Å²) in [4.78, 5) is 9.61. The Morgan fingerprint density at radius 1 is 0.543 bits per heavy atom. The first-order chi connectivity index (χ1) is 16.8. The number of unbranched alkanes of at least 4 members (excludes halogenated alkanes) is 15. The number of phosphoric acid groups is 1. The fraction of sp³-hybridized carbons (Fsp3) is 1.00. The molecule has 0 rings (SSSR count). The average Bonchev–Trinajstić information content (AvgIpc) is 2.78. The Morgan fingerprint density at radius 2 is 0.914 bits per heavy atom. The van der Waals surface area contributed by atoms with E-state index in [0.29, 0.717) is 24.2 Å². The minimum Gasteiger partial charge on any atom is -0.379 e. The second-order valence-corrected chi connectivity index (χ2v) is 12.1. The van der Waals surface area contributed by atoms with E-state index in [1.807, 2.05) is 21.1 Å². The van der Waals surface area contributed by atoms with Crippen molar-refractivity contribution in [3.8, 4) is 0 Å². The minimum absolute atomic E-state index is 0.0251. The zero-order valence-electron chi connectivity index (χ0n) is 23.6. The fourth-order valence-corrected chi connectivity index (χ4v) is 4.45. The molecule has 8 heteroatoms. The minimum atomic E-state index is -4.00. The van der Waals surface area contributed by atoms with Crippen LogP contribution in [0.2, 0.25) is 0 Å². The van der Waals surface area contributed by atoms with Crippen LogP contribution >= 0.6 is 7.82 Å². The van der Waals surface area contributed by atoms with Crippen LogP contribution in [0.15, 0.2) is 0 Å². The third-order valence-electron chi connectivity index (χ3n) is 6.01. The highest BCUT2D eigenvalue weighted by Gasteiger charge is 2.22. The Kier molecular flexibility index (Phi) is 24.3. The van der Waals surface area contributed by atoms with E-state index >= 15 is 0 Å². The summed E-state index contributed by atoms with van der Waals surface area (Å²) in [7, 11) is 1.97. The van der Waals surface area contributed by atoms with Gasteiger partial charge < -0.3 is 18.9 Å². The second-order valence-electron chi connectivity index (χ2n) is 10.7. The highest BCUT2D eigenvalue weighted by atomic mass is 31.2. The van der Waals surface area contributed by atoms with Crippen molar-refractivity contribution in [3.63, 3.8) is 0 Å². The Hall–Kier alpha value is -0.0100. The van der Waals surface area contributed by atoms with Gasteiger partial charge in [0, 0.05) is 6.61 Å². The van der Waals surface area contributed by atoms with Crippen LogP contribution < -0.4 is 0 Å². The molecule has 0 heterocycles. The Bertz CT molecular complexity index is 487. The van der Waals surface area contributed by atoms with Crippen LogP contribution in [0.5, 0.6) is 0 Å². The molecule has 7 nitrogen and oxygen atoms in total. The molecule has 0 aromatic heterocycles. The number of nitrogens with zero attached hydrogens (tertiary/aromatic N) is 1. The van der Waals surface area contributed by atoms with Crippen LogP contribution in [-0.4, -0.2) is 76.7 Å². The number of hydrogen-bond donors (Lipinski definition) is 1. The summed E-state index contributed by atoms with van der Waals surface area (Å²) in [6, 6.07) is 0. The van der Waals surface area contributed by atoms with Crippen molar-refractivity contribution in [1.29, 1.82) is 0 Å². The highest BCUT2D eigenvalue weighted by Crippen LogP contribution is 2.42. The Balaban J connectivity index is 3.21. The van der Waals surface area contributed by atoms with Crippen LogP contribution in [0, 0.1) is 0 Å². The molecule has 0 radical (unpaired) electrons. The molecule has 0 saturated heterocycles. The van der Waals surface area contributed by atoms with Gasteiger partial charge in [-0.2, -0.15) is 0 Å². The first-order valence-corrected chi connectivity index (χ1v) is 15.8. The summed E-state index contributed by atoms with van der Waals surface area (Å²) in [5.74, 6) is 0. The van der Waals surface area contributed by atoms with Gasteiger partial charge in [0.2, 0.25) is 0 Å². The first-order valence-electron chi connectivity index (χ1n) is 14.3. The number of ether oxygens (including phenoxy) is 2. The van der Waals surface area contributed by atoms with Crippen molar-refractivity contribution >= 4 is 7.82 Å². The lowest BCUT2D eigenvalue weighted by Crippen LogP contribution is -2.37. The molecular formula is C27H59NO6P+. The van der Waals surface area contributed by atoms with Gasteiger partial charge in [-0.15, -0.1) is 0 Å². The van der Waals surface area contributed by atoms with Crippen LogP contribution in [0.25, 0.3) is 0 Å². The van der Waals surface area contributed by atoms with E-state index in [9.17, 15) is 9.46 Å². The molecule has 0 bridgehead atoms. The topological polar surface area (TPSA) is 74.2 Å². The van der Waals surface area contributed by atoms with E-state index in [1.54, 1.807) is 0 Å². The van der Waals surface area contributed by atoms with E-state index in [1.165, 1.54) is 96.3 Å². The molecule has 0 fully saturated rings. The van der Waals surface area contributed by atoms with Gasteiger partial charge in [-0.25, -0.2) is 4.57 Å². The highest BCUT2D eigenvalue weighted by molar-refractivity contribution is 7.47. The maximum Gasteiger partial charge on any atom is 0.472 e. The third-order valence-corrected chi connectivity index (χ3v) is 7.03. The van der Waals surface area contributed by atoms with Gasteiger partial charge in [0.25, 0.3) is 0 Å². The summed E-state index contributed by atoms with van der Waals surface area (Å²) in [6.45, 7) is 5.11. The Morgan fingerprint density at radius 3 is 1.37 bits per heavy atom. The average molecular weight is 525 g/mol. The molecule has 0 saturated carbocycles. The van der Waals surface area contributed by atoms with Gasteiger partial charge in [0.05, 0.1) is 47.6 Å². The zero-order chi connectivity index (χ0) is 26.1. The van der Waals surface area contributed by atoms with Gasteiger partial charge in [-0.05, 0) is 6.42 Å². The molecule has 35 heavy (non-hydrogen) atoms. The number of likely N-dealkylation sites (N-methyl/N-ethyl adjacent to an activating group) is 1. The predicted octanol–water partition coefficient (Wildman–Crippen LogP) is 7.12. The van der Waals surface area contributed by atoms with E-state index in [0.717, 1.165) is 13.0 Å². The van der Waals surface area contributed by atoms with E-state index in [-0.39, 0.29) is 19.8 Å². The molecular weight excluding hydrogens is 465 g/mol. The maximum absolute atomic E-state index is 11.7. The Labute approximate surface area is 217 Å². The van der Waals surface area contributed by atoms with Crippen molar-refractivity contribution < 1.29 is 32.5 Å². The summed E-state index contributed by atoms with van der Waals surface area (Å²) in [6.07, 6.45) is 21.9. The molecule has 0 spiro atoms. The molecule has 1 N–H and O–H groups in total. The number of quaternary nitrogens is 1. The standard InChI is InChI=1S/C27H58NO6P/c1-5-6-7-8-9-10-11-12-13-14-15-16-17-18-19-20-22-31-24-25-32-26-27-34-35(29,30)33-23-21-28(2,3)4/h5-27H2,1-4H3/p+1. The quantitative estimate of drug-likeness (QED) is 0.0667. The zero-order valence-corrected chi connectivity index (χ0v) is 24.5. The SMILES string of the molecule is CCCCCCCCCCCCCCCCCCOCCOCCOP(=O)(O)OCC[N+](C)(C)C. The lowest BCUT2D eigenvalue weighted by molar-refractivity contribution is -0.870. The largest absolute Gasteiger partial charge is 0.472 e. The molecule has 0 aromatic rings. The molecule has 0 aliphatic carbocycles. The molecule has 0 aromatic carbocycles. The van der Waals surface area contributed by atoms with Crippen LogP contribution in [0.4, 0.5) is 0 Å². The molecule has 212 valence electrons. The summed E-state index contributed by atoms with van der Waals surface area (Å²) in [5.41, 5.74) is 0. The smallest absolute Gasteiger partial charge is 0.379 e. The first kappa shape index (κ1) is 35.0. The van der Waals surface area contributed by atoms with Gasteiger partial charge in [0.15, 0.2) is 0 Å². The summed E-state index contributed by atoms with van der Waals surface area (Å²) < 4.78 is 33.2. The normalized spacial score (nSPS) is 13.9. The molecule has 1 unspecified atom stereocenters. The van der Waals surface area contributed by atoms with Gasteiger partial charge in [-0.3, -0.25) is 9.05 Å². The number of phosphoric ester groups is 1. The maximum atomic E-state index is 11.7. The van der Waals surface area contributed by atoms with Crippen molar-refractivity contribution in [2.24, 2.45) is 0 Å². The number of hydrogen-bond acceptors (Lipinski definition) is 5. The van der Waals surface area contributed by atoms with E-state index < -0.39 is 7.82 Å².